The smallest absolute Gasteiger partial charge is 0.408 e. The van der Waals surface area contributed by atoms with Gasteiger partial charge in [-0.05, 0) is 32.8 Å². The molecule has 1 atom stereocenters. The Bertz CT molecular complexity index is 465. The average Bonchev–Trinajstić information content (AvgIpc) is 2.41. The third-order valence-corrected chi connectivity index (χ3v) is 2.60. The summed E-state index contributed by atoms with van der Waals surface area (Å²) in [6, 6.07) is 8.64. The Balaban J connectivity index is 2.45. The van der Waals surface area contributed by atoms with Crippen LogP contribution < -0.4 is 5.32 Å². The van der Waals surface area contributed by atoms with Crippen LogP contribution in [0.4, 0.5) is 4.79 Å². The number of hydrogen-bond donors (Lipinski definition) is 1. The highest BCUT2D eigenvalue weighted by atomic mass is 16.6. The van der Waals surface area contributed by atoms with Gasteiger partial charge in [0.05, 0.1) is 0 Å². The van der Waals surface area contributed by atoms with Gasteiger partial charge in [-0.2, -0.15) is 0 Å². The minimum Gasteiger partial charge on any atom is -0.458 e. The Morgan fingerprint density at radius 1 is 1.19 bits per heavy atom. The molecule has 0 fully saturated rings. The molecule has 0 saturated heterocycles. The zero-order chi connectivity index (χ0) is 15.9. The lowest BCUT2D eigenvalue weighted by atomic mass is 10.1. The summed E-state index contributed by atoms with van der Waals surface area (Å²) < 4.78 is 10.3. The Labute approximate surface area is 125 Å². The standard InChI is InChI=1S/C16H23NO4/c1-5-13(14(18)21-16(2,3)4)17-15(19)20-11-12-9-7-6-8-10-12/h6-10,13H,5,11H2,1-4H3,(H,17,19)/t13-/m1/s1. The van der Waals surface area contributed by atoms with Crippen molar-refractivity contribution in [2.75, 3.05) is 0 Å². The minimum absolute atomic E-state index is 0.164. The molecule has 0 spiro atoms. The van der Waals surface area contributed by atoms with E-state index in [0.717, 1.165) is 5.56 Å². The van der Waals surface area contributed by atoms with E-state index in [2.05, 4.69) is 5.32 Å². The summed E-state index contributed by atoms with van der Waals surface area (Å²) in [5.41, 5.74) is 0.304. The van der Waals surface area contributed by atoms with Gasteiger partial charge in [-0.25, -0.2) is 9.59 Å². The Hall–Kier alpha value is -2.04. The second kappa shape index (κ2) is 7.67. The maximum absolute atomic E-state index is 11.9. The fourth-order valence-electron chi connectivity index (χ4n) is 1.61. The molecule has 5 nitrogen and oxygen atoms in total. The summed E-state index contributed by atoms with van der Waals surface area (Å²) in [4.78, 5) is 23.6. The molecule has 0 unspecified atom stereocenters. The van der Waals surface area contributed by atoms with Crippen molar-refractivity contribution in [2.45, 2.75) is 52.4 Å². The van der Waals surface area contributed by atoms with Gasteiger partial charge >= 0.3 is 12.1 Å². The molecule has 116 valence electrons. The molecule has 0 bridgehead atoms. The number of amides is 1. The van der Waals surface area contributed by atoms with Gasteiger partial charge < -0.3 is 14.8 Å². The first kappa shape index (κ1) is 17.0. The maximum Gasteiger partial charge on any atom is 0.408 e. The molecule has 0 saturated carbocycles. The topological polar surface area (TPSA) is 64.6 Å². The number of esters is 1. The molecular formula is C16H23NO4. The molecule has 0 aromatic heterocycles. The van der Waals surface area contributed by atoms with E-state index in [1.165, 1.54) is 0 Å². The normalized spacial score (nSPS) is 12.4. The number of carbonyl (C=O) groups is 2. The van der Waals surface area contributed by atoms with Gasteiger partial charge in [0.2, 0.25) is 0 Å². The number of benzene rings is 1. The summed E-state index contributed by atoms with van der Waals surface area (Å²) in [5.74, 6) is -0.457. The third-order valence-electron chi connectivity index (χ3n) is 2.60. The highest BCUT2D eigenvalue weighted by Gasteiger charge is 2.25. The van der Waals surface area contributed by atoms with Crippen LogP contribution in [0.2, 0.25) is 0 Å². The lowest BCUT2D eigenvalue weighted by Crippen LogP contribution is -2.43. The van der Waals surface area contributed by atoms with Gasteiger partial charge in [0.1, 0.15) is 18.2 Å². The third kappa shape index (κ3) is 6.79. The van der Waals surface area contributed by atoms with E-state index in [4.69, 9.17) is 9.47 Å². The summed E-state index contributed by atoms with van der Waals surface area (Å²) in [6.45, 7) is 7.31. The molecule has 1 amide bonds. The first-order valence-corrected chi connectivity index (χ1v) is 7.02. The summed E-state index contributed by atoms with van der Waals surface area (Å²) >= 11 is 0. The molecule has 21 heavy (non-hydrogen) atoms. The summed E-state index contributed by atoms with van der Waals surface area (Å²) in [6.07, 6.45) is -0.188. The van der Waals surface area contributed by atoms with Gasteiger partial charge in [-0.1, -0.05) is 37.3 Å². The summed E-state index contributed by atoms with van der Waals surface area (Å²) in [5, 5.41) is 2.52. The van der Waals surface area contributed by atoms with E-state index >= 15 is 0 Å². The van der Waals surface area contributed by atoms with E-state index < -0.39 is 23.7 Å². The Kier molecular flexibility index (Phi) is 6.21. The Morgan fingerprint density at radius 3 is 2.33 bits per heavy atom. The van der Waals surface area contributed by atoms with Crippen molar-refractivity contribution in [3.63, 3.8) is 0 Å². The molecule has 1 aromatic rings. The van der Waals surface area contributed by atoms with Crippen LogP contribution in [0.3, 0.4) is 0 Å². The predicted molar refractivity (Wildman–Crippen MR) is 79.7 cm³/mol. The number of alkyl carbamates (subject to hydrolysis) is 1. The van der Waals surface area contributed by atoms with Crippen LogP contribution in [0.15, 0.2) is 30.3 Å². The van der Waals surface area contributed by atoms with Gasteiger partial charge in [0.15, 0.2) is 0 Å². The number of carbonyl (C=O) groups excluding carboxylic acids is 2. The van der Waals surface area contributed by atoms with E-state index in [9.17, 15) is 9.59 Å². The Morgan fingerprint density at radius 2 is 1.81 bits per heavy atom. The van der Waals surface area contributed by atoms with E-state index in [-0.39, 0.29) is 6.61 Å². The molecule has 0 aliphatic carbocycles. The quantitative estimate of drug-likeness (QED) is 0.847. The molecule has 1 aromatic carbocycles. The first-order chi connectivity index (χ1) is 9.81. The fraction of sp³-hybridized carbons (Fsp3) is 0.500. The van der Waals surface area contributed by atoms with Gasteiger partial charge in [0, 0.05) is 0 Å². The van der Waals surface area contributed by atoms with Crippen molar-refractivity contribution in [3.8, 4) is 0 Å². The van der Waals surface area contributed by atoms with Crippen LogP contribution in [0.25, 0.3) is 0 Å². The number of ether oxygens (including phenoxy) is 2. The van der Waals surface area contributed by atoms with Crippen molar-refractivity contribution in [2.24, 2.45) is 0 Å². The highest BCUT2D eigenvalue weighted by Crippen LogP contribution is 2.10. The van der Waals surface area contributed by atoms with E-state index in [1.807, 2.05) is 30.3 Å². The van der Waals surface area contributed by atoms with Crippen LogP contribution in [-0.2, 0) is 20.9 Å². The zero-order valence-corrected chi connectivity index (χ0v) is 13.0. The molecule has 1 N–H and O–H groups in total. The van der Waals surface area contributed by atoms with Crippen molar-refractivity contribution >= 4 is 12.1 Å². The van der Waals surface area contributed by atoms with Crippen LogP contribution in [0.5, 0.6) is 0 Å². The SMILES string of the molecule is CC[C@@H](NC(=O)OCc1ccccc1)C(=O)OC(C)(C)C. The van der Waals surface area contributed by atoms with Crippen LogP contribution in [0, 0.1) is 0 Å². The fourth-order valence-corrected chi connectivity index (χ4v) is 1.61. The van der Waals surface area contributed by atoms with E-state index in [0.29, 0.717) is 6.42 Å². The monoisotopic (exact) mass is 293 g/mol. The number of rotatable bonds is 5. The van der Waals surface area contributed by atoms with Gasteiger partial charge in [-0.3, -0.25) is 0 Å². The highest BCUT2D eigenvalue weighted by molar-refractivity contribution is 5.81. The summed E-state index contributed by atoms with van der Waals surface area (Å²) in [7, 11) is 0. The lowest BCUT2D eigenvalue weighted by Gasteiger charge is -2.23. The van der Waals surface area contributed by atoms with Crippen LogP contribution in [0.1, 0.15) is 39.7 Å². The molecule has 0 aliphatic rings. The molecule has 0 radical (unpaired) electrons. The van der Waals surface area contributed by atoms with Crippen molar-refractivity contribution < 1.29 is 19.1 Å². The van der Waals surface area contributed by atoms with Gasteiger partial charge in [0.25, 0.3) is 0 Å². The second-order valence-electron chi connectivity index (χ2n) is 5.70. The number of hydrogen-bond acceptors (Lipinski definition) is 4. The largest absolute Gasteiger partial charge is 0.458 e. The molecule has 0 heterocycles. The average molecular weight is 293 g/mol. The predicted octanol–water partition coefficient (Wildman–Crippen LogP) is 3.03. The number of nitrogens with one attached hydrogen (secondary N) is 1. The second-order valence-corrected chi connectivity index (χ2v) is 5.70. The van der Waals surface area contributed by atoms with E-state index in [1.54, 1.807) is 27.7 Å². The van der Waals surface area contributed by atoms with Crippen LogP contribution >= 0.6 is 0 Å². The van der Waals surface area contributed by atoms with Crippen molar-refractivity contribution in [1.29, 1.82) is 0 Å². The first-order valence-electron chi connectivity index (χ1n) is 7.02. The van der Waals surface area contributed by atoms with Crippen molar-refractivity contribution in [3.05, 3.63) is 35.9 Å². The minimum atomic E-state index is -0.701. The zero-order valence-electron chi connectivity index (χ0n) is 13.0. The van der Waals surface area contributed by atoms with Crippen molar-refractivity contribution in [1.82, 2.24) is 5.32 Å². The van der Waals surface area contributed by atoms with Gasteiger partial charge in [-0.15, -0.1) is 0 Å². The van der Waals surface area contributed by atoms with Crippen LogP contribution in [-0.4, -0.2) is 23.7 Å². The molecule has 5 heteroatoms. The molecule has 1 rings (SSSR count). The lowest BCUT2D eigenvalue weighted by molar-refractivity contribution is -0.157. The molecule has 0 aliphatic heterocycles. The maximum atomic E-state index is 11.9. The molecular weight excluding hydrogens is 270 g/mol.